The van der Waals surface area contributed by atoms with Gasteiger partial charge in [0.15, 0.2) is 34.5 Å². The van der Waals surface area contributed by atoms with E-state index in [1.807, 2.05) is 4.90 Å². The first kappa shape index (κ1) is 25.5. The summed E-state index contributed by atoms with van der Waals surface area (Å²) in [5.74, 6) is -2.44. The zero-order valence-corrected chi connectivity index (χ0v) is 21.1. The van der Waals surface area contributed by atoms with E-state index >= 15 is 0 Å². The normalized spacial score (nSPS) is 17.4. The molecule has 0 aliphatic carbocycles. The molecule has 0 radical (unpaired) electrons. The number of pyridine rings is 2. The lowest BCUT2D eigenvalue weighted by atomic mass is 9.86. The molecule has 5 N–H and O–H groups in total. The highest BCUT2D eigenvalue weighted by Crippen LogP contribution is 2.34. The Morgan fingerprint density at radius 1 is 1.02 bits per heavy atom. The summed E-state index contributed by atoms with van der Waals surface area (Å²) in [4.78, 5) is 33.8. The lowest BCUT2D eigenvalue weighted by molar-refractivity contribution is 0.340. The number of fused-ring (bicyclic) bond motifs is 1. The number of aromatic nitrogens is 6. The molecule has 1 aliphatic rings. The molecule has 0 unspecified atom stereocenters. The molecule has 1 saturated heterocycles. The van der Waals surface area contributed by atoms with E-state index in [9.17, 15) is 18.0 Å². The van der Waals surface area contributed by atoms with E-state index < -0.39 is 28.5 Å². The Bertz CT molecular complexity index is 1800. The topological polar surface area (TPSA) is 145 Å². The molecule has 5 aromatic rings. The minimum Gasteiger partial charge on any atom is -0.382 e. The average Bonchev–Trinajstić information content (AvgIpc) is 3.34. The molecule has 0 saturated carbocycles. The Kier molecular flexibility index (Phi) is 6.22. The number of nitrogens with one attached hydrogen (secondary N) is 1. The first-order valence-electron chi connectivity index (χ1n) is 12.5. The molecule has 0 amide bonds. The largest absolute Gasteiger partial charge is 0.382 e. The maximum atomic E-state index is 14.1. The second-order valence-corrected chi connectivity index (χ2v) is 9.89. The van der Waals surface area contributed by atoms with Crippen molar-refractivity contribution >= 4 is 22.7 Å². The summed E-state index contributed by atoms with van der Waals surface area (Å²) in [5, 5.41) is 0. The Morgan fingerprint density at radius 3 is 2.67 bits per heavy atom. The fraction of sp³-hybridized carbons (Fsp3) is 0.222. The van der Waals surface area contributed by atoms with Crippen LogP contribution in [0.2, 0.25) is 0 Å². The van der Waals surface area contributed by atoms with Gasteiger partial charge in [0.2, 0.25) is 0 Å². The van der Waals surface area contributed by atoms with Gasteiger partial charge in [0.25, 0.3) is 0 Å². The van der Waals surface area contributed by atoms with Gasteiger partial charge < -0.3 is 25.9 Å². The average molecular weight is 548 g/mol. The second kappa shape index (κ2) is 9.75. The zero-order chi connectivity index (χ0) is 28.0. The molecule has 13 heteroatoms. The molecule has 5 heterocycles. The summed E-state index contributed by atoms with van der Waals surface area (Å²) in [6, 6.07) is 7.58. The number of anilines is 2. The number of hydrogen-bond donors (Lipinski definition) is 3. The minimum absolute atomic E-state index is 0.245. The molecule has 1 atom stereocenters. The van der Waals surface area contributed by atoms with E-state index in [0.29, 0.717) is 47.5 Å². The summed E-state index contributed by atoms with van der Waals surface area (Å²) < 4.78 is 43.5. The Hall–Kier alpha value is -4.78. The van der Waals surface area contributed by atoms with E-state index in [4.69, 9.17) is 11.5 Å². The fourth-order valence-corrected chi connectivity index (χ4v) is 5.20. The Labute approximate surface area is 225 Å². The predicted molar refractivity (Wildman–Crippen MR) is 143 cm³/mol. The third-order valence-electron chi connectivity index (χ3n) is 7.16. The minimum atomic E-state index is -1.03. The number of imidazole rings is 1. The smallest absolute Gasteiger partial charge is 0.195 e. The third kappa shape index (κ3) is 4.64. The van der Waals surface area contributed by atoms with Crippen LogP contribution in [0.15, 0.2) is 60.0 Å². The summed E-state index contributed by atoms with van der Waals surface area (Å²) in [6.07, 6.45) is 5.79. The Morgan fingerprint density at radius 2 is 1.88 bits per heavy atom. The second-order valence-electron chi connectivity index (χ2n) is 9.89. The van der Waals surface area contributed by atoms with Crippen molar-refractivity contribution in [2.24, 2.45) is 5.73 Å². The van der Waals surface area contributed by atoms with Gasteiger partial charge in [-0.15, -0.1) is 0 Å². The van der Waals surface area contributed by atoms with Gasteiger partial charge in [-0.1, -0.05) is 0 Å². The molecule has 204 valence electrons. The number of nitrogens with two attached hydrogens (primary N) is 2. The van der Waals surface area contributed by atoms with Crippen molar-refractivity contribution in [1.82, 2.24) is 29.5 Å². The summed E-state index contributed by atoms with van der Waals surface area (Å²) in [6.45, 7) is 1.18. The van der Waals surface area contributed by atoms with Gasteiger partial charge in [-0.2, -0.15) is 4.39 Å². The van der Waals surface area contributed by atoms with Gasteiger partial charge in [-0.05, 0) is 42.7 Å². The van der Waals surface area contributed by atoms with Crippen LogP contribution in [0.25, 0.3) is 22.4 Å². The molecule has 10 nitrogen and oxygen atoms in total. The molecule has 40 heavy (non-hydrogen) atoms. The van der Waals surface area contributed by atoms with E-state index in [1.54, 1.807) is 23.2 Å². The van der Waals surface area contributed by atoms with Gasteiger partial charge in [-0.3, -0.25) is 9.78 Å². The Balaban J connectivity index is 1.43. The molecule has 4 aromatic heterocycles. The molecule has 1 aliphatic heterocycles. The standard InChI is InChI=1S/C27H24F3N9O/c28-18-3-2-15(6-19(18)29)20-7-16(11-39-14-36-24-25(31)34-13-35-26(24)39)21(10-33-20)38-5-1-4-27(32,12-38)22-8-17(40)9-23(30)37-22/h2-3,6-10,13-14H,1,4-5,11-12,32H2,(H,37,40)(H2,31,34,35)/t27-/m1/s1. The van der Waals surface area contributed by atoms with Crippen LogP contribution in [-0.2, 0) is 12.1 Å². The van der Waals surface area contributed by atoms with Gasteiger partial charge in [-0.25, -0.2) is 23.7 Å². The summed E-state index contributed by atoms with van der Waals surface area (Å²) in [7, 11) is 0. The predicted octanol–water partition coefficient (Wildman–Crippen LogP) is 3.08. The number of hydrogen-bond acceptors (Lipinski definition) is 8. The van der Waals surface area contributed by atoms with Crippen molar-refractivity contribution in [1.29, 1.82) is 0 Å². The highest BCUT2D eigenvalue weighted by atomic mass is 19.2. The van der Waals surface area contributed by atoms with Crippen LogP contribution in [0, 0.1) is 17.6 Å². The van der Waals surface area contributed by atoms with Crippen LogP contribution in [-0.4, -0.2) is 42.6 Å². The van der Waals surface area contributed by atoms with Crippen molar-refractivity contribution < 1.29 is 13.2 Å². The number of nitrogen functional groups attached to an aromatic ring is 1. The summed E-state index contributed by atoms with van der Waals surface area (Å²) >= 11 is 0. The molecule has 1 fully saturated rings. The van der Waals surface area contributed by atoms with Gasteiger partial charge in [0.1, 0.15) is 11.8 Å². The number of halogens is 3. The maximum Gasteiger partial charge on any atom is 0.195 e. The molecule has 0 spiro atoms. The van der Waals surface area contributed by atoms with Gasteiger partial charge in [0, 0.05) is 36.5 Å². The van der Waals surface area contributed by atoms with Gasteiger partial charge >= 0.3 is 0 Å². The number of H-pyrrole nitrogens is 1. The SMILES string of the molecule is Nc1ncnc2c1ncn2Cc1cc(-c2ccc(F)c(F)c2)ncc1N1CCC[C@](N)(c2cc(=O)cc(F)[nH]2)C1. The van der Waals surface area contributed by atoms with Crippen molar-refractivity contribution in [2.45, 2.75) is 24.9 Å². The van der Waals surface area contributed by atoms with Crippen molar-refractivity contribution in [3.05, 3.63) is 94.3 Å². The highest BCUT2D eigenvalue weighted by Gasteiger charge is 2.35. The van der Waals surface area contributed by atoms with Crippen LogP contribution in [0.3, 0.4) is 0 Å². The number of aromatic amines is 1. The van der Waals surface area contributed by atoms with Crippen molar-refractivity contribution in [3.8, 4) is 11.3 Å². The monoisotopic (exact) mass is 547 g/mol. The molecular formula is C27H24F3N9O. The number of benzene rings is 1. The third-order valence-corrected chi connectivity index (χ3v) is 7.16. The van der Waals surface area contributed by atoms with Crippen molar-refractivity contribution in [3.63, 3.8) is 0 Å². The van der Waals surface area contributed by atoms with Crippen LogP contribution < -0.4 is 21.8 Å². The fourth-order valence-electron chi connectivity index (χ4n) is 5.20. The first-order valence-corrected chi connectivity index (χ1v) is 12.5. The van der Waals surface area contributed by atoms with Crippen LogP contribution in [0.1, 0.15) is 24.1 Å². The van der Waals surface area contributed by atoms with E-state index in [2.05, 4.69) is 24.9 Å². The van der Waals surface area contributed by atoms with E-state index in [-0.39, 0.29) is 18.9 Å². The maximum absolute atomic E-state index is 14.1. The molecule has 0 bridgehead atoms. The molecular weight excluding hydrogens is 523 g/mol. The number of nitrogens with zero attached hydrogens (tertiary/aromatic N) is 6. The highest BCUT2D eigenvalue weighted by molar-refractivity contribution is 5.81. The quantitative estimate of drug-likeness (QED) is 0.285. The molecule has 6 rings (SSSR count). The van der Waals surface area contributed by atoms with Crippen molar-refractivity contribution in [2.75, 3.05) is 23.7 Å². The van der Waals surface area contributed by atoms with Crippen LogP contribution in [0.5, 0.6) is 0 Å². The lowest BCUT2D eigenvalue weighted by Gasteiger charge is -2.42. The number of rotatable bonds is 5. The van der Waals surface area contributed by atoms with Crippen LogP contribution in [0.4, 0.5) is 24.7 Å². The number of piperidine rings is 1. The first-order chi connectivity index (χ1) is 19.2. The summed E-state index contributed by atoms with van der Waals surface area (Å²) in [5.41, 5.74) is 14.8. The lowest BCUT2D eigenvalue weighted by Crippen LogP contribution is -2.53. The van der Waals surface area contributed by atoms with Gasteiger partial charge in [0.05, 0.1) is 36.0 Å². The van der Waals surface area contributed by atoms with E-state index in [0.717, 1.165) is 29.4 Å². The van der Waals surface area contributed by atoms with Crippen LogP contribution >= 0.6 is 0 Å². The molecule has 1 aromatic carbocycles. The zero-order valence-electron chi connectivity index (χ0n) is 21.1. The van der Waals surface area contributed by atoms with E-state index in [1.165, 1.54) is 18.5 Å².